The summed E-state index contributed by atoms with van der Waals surface area (Å²) in [6, 6.07) is 9.91. The maximum atomic E-state index is 13.6. The van der Waals surface area contributed by atoms with Gasteiger partial charge in [-0.2, -0.15) is 0 Å². The monoisotopic (exact) mass is 356 g/mol. The molecule has 2 aromatic carbocycles. The minimum atomic E-state index is -3.53. The van der Waals surface area contributed by atoms with Gasteiger partial charge in [0.05, 0.1) is 22.7 Å². The van der Waals surface area contributed by atoms with Gasteiger partial charge in [-0.25, -0.2) is 12.8 Å². The third kappa shape index (κ3) is 4.00. The molecule has 0 aliphatic carbocycles. The van der Waals surface area contributed by atoms with Crippen molar-refractivity contribution in [3.8, 4) is 0 Å². The molecule has 0 radical (unpaired) electrons. The number of amides is 1. The van der Waals surface area contributed by atoms with Crippen LogP contribution in [0.5, 0.6) is 0 Å². The summed E-state index contributed by atoms with van der Waals surface area (Å²) in [5, 5.41) is 2.61. The molecular formula is C15H14ClFN2O3S. The molecule has 5 nitrogen and oxygen atoms in total. The normalized spacial score (nSPS) is 11.1. The fourth-order valence-corrected chi connectivity index (χ4v) is 2.63. The predicted molar refractivity (Wildman–Crippen MR) is 89.1 cm³/mol. The molecule has 2 aromatic rings. The quantitative estimate of drug-likeness (QED) is 0.915. The predicted octanol–water partition coefficient (Wildman–Crippen LogP) is 3.13. The van der Waals surface area contributed by atoms with Gasteiger partial charge < -0.3 is 5.32 Å². The zero-order valence-electron chi connectivity index (χ0n) is 12.4. The zero-order valence-corrected chi connectivity index (χ0v) is 14.0. The van der Waals surface area contributed by atoms with Crippen molar-refractivity contribution in [1.29, 1.82) is 0 Å². The molecule has 0 aliphatic rings. The number of rotatable bonds is 4. The number of hydrogen-bond acceptors (Lipinski definition) is 3. The van der Waals surface area contributed by atoms with Gasteiger partial charge in [0.1, 0.15) is 5.82 Å². The van der Waals surface area contributed by atoms with E-state index in [0.717, 1.165) is 10.6 Å². The molecular weight excluding hydrogens is 343 g/mol. The zero-order chi connectivity index (χ0) is 17.2. The first-order valence-electron chi connectivity index (χ1n) is 6.49. The second-order valence-corrected chi connectivity index (χ2v) is 7.25. The molecule has 0 aromatic heterocycles. The Bertz CT molecular complexity index is 856. The minimum absolute atomic E-state index is 0.0328. The van der Waals surface area contributed by atoms with E-state index >= 15 is 0 Å². The van der Waals surface area contributed by atoms with E-state index in [4.69, 9.17) is 11.6 Å². The molecule has 8 heteroatoms. The number of nitrogens with zero attached hydrogens (tertiary/aromatic N) is 1. The molecule has 0 unspecified atom stereocenters. The van der Waals surface area contributed by atoms with Crippen molar-refractivity contribution in [2.24, 2.45) is 0 Å². The van der Waals surface area contributed by atoms with Crippen LogP contribution >= 0.6 is 11.6 Å². The highest BCUT2D eigenvalue weighted by Crippen LogP contribution is 2.28. The van der Waals surface area contributed by atoms with Crippen LogP contribution in [0.15, 0.2) is 42.5 Å². The molecule has 0 atom stereocenters. The number of hydrogen-bond donors (Lipinski definition) is 1. The molecule has 1 N–H and O–H groups in total. The van der Waals surface area contributed by atoms with Gasteiger partial charge in [0, 0.05) is 12.6 Å². The number of nitrogens with one attached hydrogen (secondary N) is 1. The van der Waals surface area contributed by atoms with Crippen molar-refractivity contribution >= 4 is 38.9 Å². The number of para-hydroxylation sites is 1. The van der Waals surface area contributed by atoms with Gasteiger partial charge in [-0.15, -0.1) is 0 Å². The minimum Gasteiger partial charge on any atom is -0.319 e. The molecule has 122 valence electrons. The Morgan fingerprint density at radius 1 is 1.22 bits per heavy atom. The summed E-state index contributed by atoms with van der Waals surface area (Å²) in [6.45, 7) is 0. The third-order valence-corrected chi connectivity index (χ3v) is 4.68. The number of carbonyl (C=O) groups is 1. The molecule has 0 aliphatic heterocycles. The molecule has 23 heavy (non-hydrogen) atoms. The van der Waals surface area contributed by atoms with E-state index in [-0.39, 0.29) is 22.0 Å². The summed E-state index contributed by atoms with van der Waals surface area (Å²) in [6.07, 6.45) is 1.02. The van der Waals surface area contributed by atoms with E-state index in [9.17, 15) is 17.6 Å². The van der Waals surface area contributed by atoms with Crippen molar-refractivity contribution in [1.82, 2.24) is 0 Å². The first-order valence-corrected chi connectivity index (χ1v) is 8.72. The van der Waals surface area contributed by atoms with Crippen molar-refractivity contribution in [3.05, 3.63) is 58.9 Å². The molecule has 0 spiro atoms. The fraction of sp³-hybridized carbons (Fsp3) is 0.133. The van der Waals surface area contributed by atoms with Gasteiger partial charge in [-0.3, -0.25) is 9.10 Å². The second-order valence-electron chi connectivity index (χ2n) is 4.83. The highest BCUT2D eigenvalue weighted by molar-refractivity contribution is 7.92. The van der Waals surface area contributed by atoms with Gasteiger partial charge in [-0.1, -0.05) is 23.7 Å². The van der Waals surface area contributed by atoms with Crippen LogP contribution in [-0.4, -0.2) is 27.6 Å². The topological polar surface area (TPSA) is 66.5 Å². The maximum absolute atomic E-state index is 13.6. The SMILES string of the molecule is CN(c1cc(C(=O)Nc2ccccc2F)ccc1Cl)S(C)(=O)=O. The number of sulfonamides is 1. The van der Waals surface area contributed by atoms with Crippen molar-refractivity contribution in [2.45, 2.75) is 0 Å². The number of carbonyl (C=O) groups excluding carboxylic acids is 1. The Labute approximate surface area is 138 Å². The molecule has 0 saturated carbocycles. The lowest BCUT2D eigenvalue weighted by Gasteiger charge is -2.18. The van der Waals surface area contributed by atoms with E-state index in [1.807, 2.05) is 0 Å². The summed E-state index contributed by atoms with van der Waals surface area (Å²) >= 11 is 5.99. The van der Waals surface area contributed by atoms with Crippen LogP contribution in [0.25, 0.3) is 0 Å². The van der Waals surface area contributed by atoms with E-state index in [1.54, 1.807) is 6.07 Å². The highest BCUT2D eigenvalue weighted by Gasteiger charge is 2.18. The Hall–Kier alpha value is -2.12. The van der Waals surface area contributed by atoms with Crippen molar-refractivity contribution in [2.75, 3.05) is 22.9 Å². The largest absolute Gasteiger partial charge is 0.319 e. The van der Waals surface area contributed by atoms with Crippen molar-refractivity contribution < 1.29 is 17.6 Å². The number of halogens is 2. The molecule has 0 heterocycles. The Kier molecular flexibility index (Phi) is 4.91. The van der Waals surface area contributed by atoms with E-state index in [1.165, 1.54) is 43.4 Å². The maximum Gasteiger partial charge on any atom is 0.255 e. The van der Waals surface area contributed by atoms with Gasteiger partial charge in [0.25, 0.3) is 5.91 Å². The first kappa shape index (κ1) is 17.2. The third-order valence-electron chi connectivity index (χ3n) is 3.17. The lowest BCUT2D eigenvalue weighted by Crippen LogP contribution is -2.25. The highest BCUT2D eigenvalue weighted by atomic mass is 35.5. The van der Waals surface area contributed by atoms with Crippen LogP contribution in [-0.2, 0) is 10.0 Å². The van der Waals surface area contributed by atoms with Crippen LogP contribution in [0.2, 0.25) is 5.02 Å². The smallest absolute Gasteiger partial charge is 0.255 e. The summed E-state index contributed by atoms with van der Waals surface area (Å²) in [4.78, 5) is 12.2. The molecule has 0 fully saturated rings. The van der Waals surface area contributed by atoms with E-state index < -0.39 is 21.7 Å². The Morgan fingerprint density at radius 2 is 1.87 bits per heavy atom. The lowest BCUT2D eigenvalue weighted by atomic mass is 10.1. The summed E-state index contributed by atoms with van der Waals surface area (Å²) in [5.74, 6) is -1.14. The summed E-state index contributed by atoms with van der Waals surface area (Å²) in [7, 11) is -2.20. The van der Waals surface area contributed by atoms with Crippen molar-refractivity contribution in [3.63, 3.8) is 0 Å². The average molecular weight is 357 g/mol. The van der Waals surface area contributed by atoms with Crippen LogP contribution in [0, 0.1) is 5.82 Å². The molecule has 2 rings (SSSR count). The van der Waals surface area contributed by atoms with Crippen LogP contribution in [0.1, 0.15) is 10.4 Å². The van der Waals surface area contributed by atoms with E-state index in [2.05, 4.69) is 5.32 Å². The van der Waals surface area contributed by atoms with Crippen LogP contribution in [0.4, 0.5) is 15.8 Å². The van der Waals surface area contributed by atoms with Crippen LogP contribution < -0.4 is 9.62 Å². The summed E-state index contributed by atoms with van der Waals surface area (Å²) in [5.41, 5.74) is 0.351. The average Bonchev–Trinajstić information content (AvgIpc) is 2.48. The van der Waals surface area contributed by atoms with Gasteiger partial charge in [-0.05, 0) is 30.3 Å². The Balaban J connectivity index is 2.34. The lowest BCUT2D eigenvalue weighted by molar-refractivity contribution is 0.102. The number of benzene rings is 2. The molecule has 0 saturated heterocycles. The van der Waals surface area contributed by atoms with Gasteiger partial charge in [0.15, 0.2) is 0 Å². The van der Waals surface area contributed by atoms with Gasteiger partial charge in [0.2, 0.25) is 10.0 Å². The summed E-state index contributed by atoms with van der Waals surface area (Å²) < 4.78 is 37.8. The number of anilines is 2. The van der Waals surface area contributed by atoms with E-state index in [0.29, 0.717) is 0 Å². The Morgan fingerprint density at radius 3 is 2.48 bits per heavy atom. The molecule has 1 amide bonds. The second kappa shape index (κ2) is 6.55. The molecule has 0 bridgehead atoms. The van der Waals surface area contributed by atoms with Crippen LogP contribution in [0.3, 0.4) is 0 Å². The standard InChI is InChI=1S/C15H14ClFN2O3S/c1-19(23(2,21)22)14-9-10(7-8-11(14)16)15(20)18-13-6-4-3-5-12(13)17/h3-9H,1-2H3,(H,18,20). The first-order chi connectivity index (χ1) is 10.7. The van der Waals surface area contributed by atoms with Gasteiger partial charge >= 0.3 is 0 Å². The fourth-order valence-electron chi connectivity index (χ4n) is 1.83.